The van der Waals surface area contributed by atoms with E-state index >= 15 is 0 Å². The lowest BCUT2D eigenvalue weighted by molar-refractivity contribution is -0.161. The molecule has 3 N–H and O–H groups in total. The molecule has 30 heavy (non-hydrogen) atoms. The molecule has 2 atom stereocenters. The van der Waals surface area contributed by atoms with Crippen molar-refractivity contribution in [3.05, 3.63) is 29.7 Å². The second-order valence-electron chi connectivity index (χ2n) is 8.68. The number of methoxy groups -OCH3 is 1. The van der Waals surface area contributed by atoms with Crippen LogP contribution in [0.2, 0.25) is 0 Å². The van der Waals surface area contributed by atoms with Crippen LogP contribution in [0.4, 0.5) is 0 Å². The Morgan fingerprint density at radius 3 is 2.77 bits per heavy atom. The van der Waals surface area contributed by atoms with E-state index in [9.17, 15) is 9.59 Å². The van der Waals surface area contributed by atoms with Gasteiger partial charge in [0.25, 0.3) is 0 Å². The van der Waals surface area contributed by atoms with Crippen molar-refractivity contribution in [2.24, 2.45) is 17.1 Å². The van der Waals surface area contributed by atoms with Crippen molar-refractivity contribution in [1.82, 2.24) is 19.9 Å². The van der Waals surface area contributed by atoms with Crippen LogP contribution in [0.1, 0.15) is 68.8 Å². The zero-order chi connectivity index (χ0) is 21.1. The Hall–Kier alpha value is -2.48. The standard InChI is InChI=1S/C22H31N5O3/c1-30-21(29)22(11-6-12-24-20(22)28)13-16-9-10-18-25-17(14-27(18)26-16)19(23)15-7-4-2-3-5-8-15/h9-10,14-15,19H,2-8,11-13,23H2,1H3,(H,24,28). The Balaban J connectivity index is 1.58. The van der Waals surface area contributed by atoms with Crippen molar-refractivity contribution in [1.29, 1.82) is 0 Å². The van der Waals surface area contributed by atoms with Crippen molar-refractivity contribution in [3.63, 3.8) is 0 Å². The fourth-order valence-corrected chi connectivity index (χ4v) is 4.92. The van der Waals surface area contributed by atoms with Gasteiger partial charge in [0.05, 0.1) is 30.7 Å². The highest BCUT2D eigenvalue weighted by Crippen LogP contribution is 2.34. The van der Waals surface area contributed by atoms with Gasteiger partial charge in [-0.25, -0.2) is 9.50 Å². The molecular weight excluding hydrogens is 382 g/mol. The van der Waals surface area contributed by atoms with Gasteiger partial charge in [0.2, 0.25) is 5.91 Å². The summed E-state index contributed by atoms with van der Waals surface area (Å²) in [5, 5.41) is 7.45. The number of fused-ring (bicyclic) bond motifs is 1. The number of carbonyl (C=O) groups is 2. The van der Waals surface area contributed by atoms with Gasteiger partial charge in [0, 0.05) is 13.0 Å². The van der Waals surface area contributed by atoms with Crippen LogP contribution in [0.3, 0.4) is 0 Å². The zero-order valence-electron chi connectivity index (χ0n) is 17.6. The lowest BCUT2D eigenvalue weighted by Crippen LogP contribution is -2.52. The molecule has 0 aromatic carbocycles. The molecule has 0 bridgehead atoms. The molecule has 8 heteroatoms. The van der Waals surface area contributed by atoms with E-state index in [1.54, 1.807) is 4.52 Å². The van der Waals surface area contributed by atoms with E-state index in [4.69, 9.17) is 15.5 Å². The van der Waals surface area contributed by atoms with Crippen LogP contribution in [-0.2, 0) is 20.7 Å². The van der Waals surface area contributed by atoms with E-state index in [0.717, 1.165) is 30.6 Å². The first-order valence-electron chi connectivity index (χ1n) is 11.0. The first-order chi connectivity index (χ1) is 14.5. The molecule has 3 heterocycles. The highest BCUT2D eigenvalue weighted by molar-refractivity contribution is 6.03. The topological polar surface area (TPSA) is 112 Å². The minimum absolute atomic E-state index is 0.0983. The summed E-state index contributed by atoms with van der Waals surface area (Å²) < 4.78 is 6.69. The number of hydrogen-bond donors (Lipinski definition) is 2. The molecular formula is C22H31N5O3. The molecule has 1 saturated carbocycles. The van der Waals surface area contributed by atoms with Crippen molar-refractivity contribution in [2.75, 3.05) is 13.7 Å². The van der Waals surface area contributed by atoms with E-state index in [0.29, 0.717) is 24.6 Å². The van der Waals surface area contributed by atoms with Crippen LogP contribution < -0.4 is 11.1 Å². The normalized spacial score (nSPS) is 24.3. The molecule has 8 nitrogen and oxygen atoms in total. The van der Waals surface area contributed by atoms with E-state index < -0.39 is 11.4 Å². The summed E-state index contributed by atoms with van der Waals surface area (Å²) in [5.41, 5.74) is 7.56. The van der Waals surface area contributed by atoms with Crippen molar-refractivity contribution >= 4 is 17.5 Å². The van der Waals surface area contributed by atoms with Gasteiger partial charge in [-0.05, 0) is 43.7 Å². The minimum Gasteiger partial charge on any atom is -0.468 e. The van der Waals surface area contributed by atoms with Gasteiger partial charge in [0.1, 0.15) is 0 Å². The third-order valence-corrected chi connectivity index (χ3v) is 6.70. The van der Waals surface area contributed by atoms with Gasteiger partial charge in [0.15, 0.2) is 11.1 Å². The molecule has 1 aliphatic heterocycles. The Labute approximate surface area is 176 Å². The molecule has 2 aromatic heterocycles. The first kappa shape index (κ1) is 20.8. The van der Waals surface area contributed by atoms with Gasteiger partial charge in [-0.3, -0.25) is 9.59 Å². The second kappa shape index (κ2) is 8.71. The number of esters is 1. The third kappa shape index (κ3) is 3.93. The number of ether oxygens (including phenoxy) is 1. The second-order valence-corrected chi connectivity index (χ2v) is 8.68. The number of nitrogens with zero attached hydrogens (tertiary/aromatic N) is 3. The van der Waals surface area contributed by atoms with Crippen molar-refractivity contribution < 1.29 is 14.3 Å². The molecule has 162 valence electrons. The van der Waals surface area contributed by atoms with Gasteiger partial charge >= 0.3 is 5.97 Å². The monoisotopic (exact) mass is 413 g/mol. The number of carbonyl (C=O) groups excluding carboxylic acids is 2. The highest BCUT2D eigenvalue weighted by Gasteiger charge is 2.48. The fourth-order valence-electron chi connectivity index (χ4n) is 4.92. The molecule has 2 unspecified atom stereocenters. The van der Waals surface area contributed by atoms with E-state index in [1.165, 1.54) is 32.8 Å². The highest BCUT2D eigenvalue weighted by atomic mass is 16.5. The predicted octanol–water partition coefficient (Wildman–Crippen LogP) is 2.31. The number of piperidine rings is 1. The minimum atomic E-state index is -1.23. The Kier molecular flexibility index (Phi) is 6.04. The average molecular weight is 414 g/mol. The van der Waals surface area contributed by atoms with Crippen LogP contribution in [0.25, 0.3) is 5.65 Å². The van der Waals surface area contributed by atoms with E-state index in [2.05, 4.69) is 10.4 Å². The van der Waals surface area contributed by atoms with Gasteiger partial charge in [-0.15, -0.1) is 0 Å². The summed E-state index contributed by atoms with van der Waals surface area (Å²) in [7, 11) is 1.32. The molecule has 1 aliphatic carbocycles. The fraction of sp³-hybridized carbons (Fsp3) is 0.636. The molecule has 1 saturated heterocycles. The quantitative estimate of drug-likeness (QED) is 0.442. The number of rotatable bonds is 5. The molecule has 0 spiro atoms. The number of hydrogen-bond acceptors (Lipinski definition) is 6. The summed E-state index contributed by atoms with van der Waals surface area (Å²) in [5.74, 6) is -0.349. The molecule has 2 fully saturated rings. The van der Waals surface area contributed by atoms with Crippen LogP contribution in [0.15, 0.2) is 18.3 Å². The maximum atomic E-state index is 12.6. The summed E-state index contributed by atoms with van der Waals surface area (Å²) in [6.07, 6.45) is 10.6. The summed E-state index contributed by atoms with van der Waals surface area (Å²) in [4.78, 5) is 29.8. The smallest absolute Gasteiger partial charge is 0.321 e. The van der Waals surface area contributed by atoms with Gasteiger partial charge < -0.3 is 15.8 Å². The SMILES string of the molecule is COC(=O)C1(Cc2ccc3nc(C(N)C4CCCCCC4)cn3n2)CCCNC1=O. The molecule has 2 aliphatic rings. The van der Waals surface area contributed by atoms with E-state index in [-0.39, 0.29) is 18.4 Å². The summed E-state index contributed by atoms with van der Waals surface area (Å²) >= 11 is 0. The number of imidazole rings is 1. The number of nitrogens with two attached hydrogens (primary N) is 1. The Bertz CT molecular complexity index is 909. The summed E-state index contributed by atoms with van der Waals surface area (Å²) in [6, 6.07) is 3.60. The van der Waals surface area contributed by atoms with Crippen LogP contribution in [-0.4, -0.2) is 40.1 Å². The first-order valence-corrected chi connectivity index (χ1v) is 11.0. The molecule has 1 amide bonds. The Morgan fingerprint density at radius 1 is 1.30 bits per heavy atom. The maximum Gasteiger partial charge on any atom is 0.321 e. The molecule has 2 aromatic rings. The van der Waals surface area contributed by atoms with Crippen molar-refractivity contribution in [3.8, 4) is 0 Å². The molecule has 4 rings (SSSR count). The molecule has 0 radical (unpaired) electrons. The lowest BCUT2D eigenvalue weighted by Gasteiger charge is -2.33. The van der Waals surface area contributed by atoms with E-state index in [1.807, 2.05) is 18.3 Å². The van der Waals surface area contributed by atoms with Crippen molar-refractivity contribution in [2.45, 2.75) is 63.8 Å². The van der Waals surface area contributed by atoms with Crippen LogP contribution in [0.5, 0.6) is 0 Å². The van der Waals surface area contributed by atoms with Gasteiger partial charge in [-0.2, -0.15) is 5.10 Å². The number of amides is 1. The Morgan fingerprint density at radius 2 is 2.07 bits per heavy atom. The third-order valence-electron chi connectivity index (χ3n) is 6.70. The van der Waals surface area contributed by atoms with Gasteiger partial charge in [-0.1, -0.05) is 25.7 Å². The number of aromatic nitrogens is 3. The summed E-state index contributed by atoms with van der Waals surface area (Å²) in [6.45, 7) is 0.577. The average Bonchev–Trinajstić information content (AvgIpc) is 2.99. The zero-order valence-corrected chi connectivity index (χ0v) is 17.6. The largest absolute Gasteiger partial charge is 0.468 e. The van der Waals surface area contributed by atoms with Crippen LogP contribution >= 0.6 is 0 Å². The predicted molar refractivity (Wildman–Crippen MR) is 112 cm³/mol. The van der Waals surface area contributed by atoms with Crippen LogP contribution in [0, 0.1) is 11.3 Å². The number of nitrogens with one attached hydrogen (secondary N) is 1. The lowest BCUT2D eigenvalue weighted by atomic mass is 9.76. The maximum absolute atomic E-state index is 12.6.